The first-order chi connectivity index (χ1) is 7.72. The molecule has 0 aliphatic rings. The standard InChI is InChI=1S/C14H16NSe/c1-4-5-6-7-14-15(3)12-10-11(2)8-9-13(12)16-14/h4-10H,1-3H3/q+1/b5-4+,7-6+. The van der Waals surface area contributed by atoms with Crippen molar-refractivity contribution in [1.29, 1.82) is 0 Å². The van der Waals surface area contributed by atoms with Crippen LogP contribution < -0.4 is 4.57 Å². The fraction of sp³-hybridized carbons (Fsp3) is 0.214. The molecule has 2 heteroatoms. The zero-order valence-corrected chi connectivity index (χ0v) is 11.6. The second kappa shape index (κ2) is 4.82. The Morgan fingerprint density at radius 2 is 2.06 bits per heavy atom. The Kier molecular flexibility index (Phi) is 3.42. The van der Waals surface area contributed by atoms with E-state index in [2.05, 4.69) is 61.0 Å². The monoisotopic (exact) mass is 278 g/mol. The summed E-state index contributed by atoms with van der Waals surface area (Å²) in [7, 11) is 2.16. The van der Waals surface area contributed by atoms with Crippen LogP contribution in [0, 0.1) is 6.92 Å². The molecule has 1 heterocycles. The number of benzene rings is 1. The van der Waals surface area contributed by atoms with Gasteiger partial charge >= 0.3 is 102 Å². The predicted molar refractivity (Wildman–Crippen MR) is 70.6 cm³/mol. The van der Waals surface area contributed by atoms with Gasteiger partial charge in [-0.2, -0.15) is 0 Å². The average Bonchev–Trinajstić information content (AvgIpc) is 2.57. The van der Waals surface area contributed by atoms with Crippen LogP contribution in [0.15, 0.2) is 36.4 Å². The Hall–Kier alpha value is -1.11. The van der Waals surface area contributed by atoms with Gasteiger partial charge in [-0.3, -0.25) is 0 Å². The van der Waals surface area contributed by atoms with Crippen LogP contribution in [0.3, 0.4) is 0 Å². The second-order valence-electron chi connectivity index (χ2n) is 3.86. The summed E-state index contributed by atoms with van der Waals surface area (Å²) in [5.41, 5.74) is 2.71. The normalized spacial score (nSPS) is 12.2. The van der Waals surface area contributed by atoms with Crippen molar-refractivity contribution in [3.05, 3.63) is 46.6 Å². The number of allylic oxidation sites excluding steroid dienone is 3. The van der Waals surface area contributed by atoms with Crippen molar-refractivity contribution in [3.63, 3.8) is 0 Å². The van der Waals surface area contributed by atoms with Crippen LogP contribution in [0.25, 0.3) is 15.9 Å². The van der Waals surface area contributed by atoms with Crippen LogP contribution in [0.5, 0.6) is 0 Å². The zero-order valence-electron chi connectivity index (χ0n) is 9.90. The molecule has 0 fully saturated rings. The molecule has 0 aliphatic heterocycles. The number of aryl methyl sites for hydroxylation is 2. The van der Waals surface area contributed by atoms with E-state index in [1.54, 1.807) is 0 Å². The molecule has 0 atom stereocenters. The molecular formula is C14H16NSe+. The molecule has 0 aliphatic carbocycles. The summed E-state index contributed by atoms with van der Waals surface area (Å²) in [6, 6.07) is 6.73. The molecule has 0 unspecified atom stereocenters. The number of fused-ring (bicyclic) bond motifs is 1. The summed E-state index contributed by atoms with van der Waals surface area (Å²) in [6.07, 6.45) is 8.46. The third kappa shape index (κ3) is 2.18. The van der Waals surface area contributed by atoms with E-state index in [1.165, 1.54) is 19.9 Å². The maximum absolute atomic E-state index is 2.31. The molecule has 2 aromatic rings. The molecule has 82 valence electrons. The summed E-state index contributed by atoms with van der Waals surface area (Å²) in [6.45, 7) is 4.19. The van der Waals surface area contributed by atoms with Gasteiger partial charge in [0.15, 0.2) is 0 Å². The SMILES string of the molecule is C/C=C/C=C/c1[se]c2ccc(C)cc2[n+]1C. The maximum atomic E-state index is 2.31. The van der Waals surface area contributed by atoms with Crippen molar-refractivity contribution in [1.82, 2.24) is 0 Å². The van der Waals surface area contributed by atoms with Crippen LogP contribution in [0.4, 0.5) is 0 Å². The van der Waals surface area contributed by atoms with Gasteiger partial charge in [-0.15, -0.1) is 0 Å². The van der Waals surface area contributed by atoms with Crippen molar-refractivity contribution in [2.75, 3.05) is 0 Å². The van der Waals surface area contributed by atoms with E-state index in [0.717, 1.165) is 0 Å². The summed E-state index contributed by atoms with van der Waals surface area (Å²) >= 11 is 0.454. The molecule has 1 aromatic carbocycles. The molecule has 16 heavy (non-hydrogen) atoms. The first kappa shape index (κ1) is 11.4. The first-order valence-electron chi connectivity index (χ1n) is 5.41. The van der Waals surface area contributed by atoms with Gasteiger partial charge in [-0.05, 0) is 0 Å². The molecule has 0 radical (unpaired) electrons. The van der Waals surface area contributed by atoms with Gasteiger partial charge in [0.2, 0.25) is 0 Å². The number of aromatic nitrogens is 1. The van der Waals surface area contributed by atoms with Gasteiger partial charge in [0.05, 0.1) is 0 Å². The second-order valence-corrected chi connectivity index (χ2v) is 6.08. The molecule has 0 saturated carbocycles. The predicted octanol–water partition coefficient (Wildman–Crippen LogP) is 2.62. The van der Waals surface area contributed by atoms with E-state index in [-0.39, 0.29) is 0 Å². The van der Waals surface area contributed by atoms with E-state index in [1.807, 2.05) is 6.92 Å². The molecule has 0 N–H and O–H groups in total. The van der Waals surface area contributed by atoms with E-state index in [9.17, 15) is 0 Å². The topological polar surface area (TPSA) is 3.88 Å². The summed E-state index contributed by atoms with van der Waals surface area (Å²) in [4.78, 5) is 0. The van der Waals surface area contributed by atoms with Gasteiger partial charge in [-0.25, -0.2) is 0 Å². The van der Waals surface area contributed by atoms with E-state index in [4.69, 9.17) is 0 Å². The van der Waals surface area contributed by atoms with Gasteiger partial charge in [0.1, 0.15) is 0 Å². The Labute approximate surface area is 102 Å². The number of hydrogen-bond acceptors (Lipinski definition) is 0. The van der Waals surface area contributed by atoms with Crippen molar-refractivity contribution < 1.29 is 4.57 Å². The molecule has 1 nitrogen and oxygen atoms in total. The van der Waals surface area contributed by atoms with Gasteiger partial charge < -0.3 is 0 Å². The minimum absolute atomic E-state index is 0.454. The fourth-order valence-electron chi connectivity index (χ4n) is 1.67. The Balaban J connectivity index is 2.52. The minimum atomic E-state index is 0.454. The fourth-order valence-corrected chi connectivity index (χ4v) is 3.86. The van der Waals surface area contributed by atoms with Crippen molar-refractivity contribution in [2.45, 2.75) is 13.8 Å². The molecule has 2 rings (SSSR count). The zero-order chi connectivity index (χ0) is 11.5. The summed E-state index contributed by atoms with van der Waals surface area (Å²) in [5, 5.41) is 0. The third-order valence-electron chi connectivity index (χ3n) is 2.56. The molecular weight excluding hydrogens is 261 g/mol. The Morgan fingerprint density at radius 3 is 2.81 bits per heavy atom. The van der Waals surface area contributed by atoms with E-state index >= 15 is 0 Å². The van der Waals surface area contributed by atoms with Crippen LogP contribution >= 0.6 is 0 Å². The first-order valence-corrected chi connectivity index (χ1v) is 7.12. The Bertz CT molecular complexity index is 561. The van der Waals surface area contributed by atoms with Gasteiger partial charge in [0, 0.05) is 0 Å². The quantitative estimate of drug-likeness (QED) is 0.451. The number of hydrogen-bond donors (Lipinski definition) is 0. The van der Waals surface area contributed by atoms with Crippen LogP contribution in [0.2, 0.25) is 0 Å². The van der Waals surface area contributed by atoms with Gasteiger partial charge in [-0.1, -0.05) is 0 Å². The average molecular weight is 277 g/mol. The number of rotatable bonds is 2. The molecule has 0 bridgehead atoms. The van der Waals surface area contributed by atoms with E-state index in [0.29, 0.717) is 14.5 Å². The molecule has 1 aromatic heterocycles. The van der Waals surface area contributed by atoms with Crippen molar-refractivity contribution in [2.24, 2.45) is 7.05 Å². The van der Waals surface area contributed by atoms with Crippen molar-refractivity contribution >= 4 is 30.4 Å². The van der Waals surface area contributed by atoms with Crippen LogP contribution in [-0.4, -0.2) is 14.5 Å². The van der Waals surface area contributed by atoms with Crippen LogP contribution in [0.1, 0.15) is 17.1 Å². The van der Waals surface area contributed by atoms with E-state index < -0.39 is 0 Å². The number of nitrogens with zero attached hydrogens (tertiary/aromatic N) is 1. The third-order valence-corrected chi connectivity index (χ3v) is 5.05. The summed E-state index contributed by atoms with van der Waals surface area (Å²) < 4.78 is 5.22. The van der Waals surface area contributed by atoms with Crippen molar-refractivity contribution in [3.8, 4) is 0 Å². The van der Waals surface area contributed by atoms with Crippen LogP contribution in [-0.2, 0) is 7.05 Å². The molecule has 0 spiro atoms. The molecule has 0 amide bonds. The molecule has 0 saturated heterocycles. The summed E-state index contributed by atoms with van der Waals surface area (Å²) in [5.74, 6) is 0. The Morgan fingerprint density at radius 1 is 1.25 bits per heavy atom. The van der Waals surface area contributed by atoms with Gasteiger partial charge in [0.25, 0.3) is 0 Å².